The molecule has 1 aliphatic rings. The Labute approximate surface area is 196 Å². The lowest BCUT2D eigenvalue weighted by Gasteiger charge is -2.29. The molecule has 172 valence electrons. The number of esters is 1. The smallest absolute Gasteiger partial charge is 0.326 e. The van der Waals surface area contributed by atoms with Crippen molar-refractivity contribution in [3.05, 3.63) is 47.5 Å². The van der Waals surface area contributed by atoms with Crippen LogP contribution in [-0.2, 0) is 19.1 Å². The van der Waals surface area contributed by atoms with Crippen molar-refractivity contribution in [3.63, 3.8) is 0 Å². The third-order valence-electron chi connectivity index (χ3n) is 4.98. The van der Waals surface area contributed by atoms with Crippen LogP contribution in [0.5, 0.6) is 5.75 Å². The second-order valence-corrected chi connectivity index (χ2v) is 8.63. The van der Waals surface area contributed by atoms with Gasteiger partial charge in [0, 0.05) is 23.2 Å². The first-order chi connectivity index (χ1) is 16.1. The van der Waals surface area contributed by atoms with Crippen molar-refractivity contribution in [1.82, 2.24) is 9.97 Å². The molecule has 3 aromatic rings. The lowest BCUT2D eigenvalue weighted by Crippen LogP contribution is -2.42. The van der Waals surface area contributed by atoms with Crippen molar-refractivity contribution < 1.29 is 23.8 Å². The van der Waals surface area contributed by atoms with Crippen LogP contribution < -0.4 is 9.64 Å². The Morgan fingerprint density at radius 2 is 2.09 bits per heavy atom. The van der Waals surface area contributed by atoms with Crippen LogP contribution in [0.1, 0.15) is 18.2 Å². The monoisotopic (exact) mass is 467 g/mol. The van der Waals surface area contributed by atoms with Crippen molar-refractivity contribution in [1.29, 1.82) is 0 Å². The molecule has 3 heterocycles. The van der Waals surface area contributed by atoms with E-state index >= 15 is 0 Å². The summed E-state index contributed by atoms with van der Waals surface area (Å²) in [6, 6.07) is 11.2. The molecular formula is C24H25N3O5S. The van der Waals surface area contributed by atoms with Gasteiger partial charge in [0.1, 0.15) is 23.9 Å². The van der Waals surface area contributed by atoms with E-state index in [1.807, 2.05) is 44.2 Å². The second kappa shape index (κ2) is 10.5. The zero-order valence-corrected chi connectivity index (χ0v) is 19.4. The highest BCUT2D eigenvalue weighted by molar-refractivity contribution is 7.15. The second-order valence-electron chi connectivity index (χ2n) is 7.42. The number of aryl methyl sites for hydroxylation is 1. The Balaban J connectivity index is 1.54. The standard InChI is InChI=1S/C24H25N3O5S/c1-3-10-30-11-12-31-22(29)14-27-19-13-17(7-8-20(19)32-15-21(27)28)23-16(2)33-24(26-23)18-6-4-5-9-25-18/h4-9,13H,3,10-12,14-15H2,1-2H3. The highest BCUT2D eigenvalue weighted by atomic mass is 32.1. The Morgan fingerprint density at radius 1 is 1.21 bits per heavy atom. The molecule has 0 saturated heterocycles. The van der Waals surface area contributed by atoms with Crippen molar-refractivity contribution in [2.24, 2.45) is 0 Å². The number of anilines is 1. The maximum atomic E-state index is 12.6. The summed E-state index contributed by atoms with van der Waals surface area (Å²) < 4.78 is 16.1. The van der Waals surface area contributed by atoms with Crippen molar-refractivity contribution in [2.75, 3.05) is 37.9 Å². The zero-order chi connectivity index (χ0) is 23.2. The predicted octanol–water partition coefficient (Wildman–Crippen LogP) is 3.88. The molecule has 2 aromatic heterocycles. The number of nitrogens with zero attached hydrogens (tertiary/aromatic N) is 3. The average Bonchev–Trinajstić information content (AvgIpc) is 3.22. The topological polar surface area (TPSA) is 90.9 Å². The van der Waals surface area contributed by atoms with E-state index in [2.05, 4.69) is 4.98 Å². The first-order valence-electron chi connectivity index (χ1n) is 10.8. The molecule has 1 aliphatic heterocycles. The number of hydrogen-bond donors (Lipinski definition) is 0. The molecule has 8 nitrogen and oxygen atoms in total. The van der Waals surface area contributed by atoms with E-state index in [1.54, 1.807) is 23.6 Å². The molecule has 0 unspecified atom stereocenters. The number of carbonyl (C=O) groups excluding carboxylic acids is 2. The molecule has 0 aliphatic carbocycles. The van der Waals surface area contributed by atoms with Crippen LogP contribution >= 0.6 is 11.3 Å². The minimum atomic E-state index is -0.496. The maximum Gasteiger partial charge on any atom is 0.326 e. The molecule has 0 saturated carbocycles. The summed E-state index contributed by atoms with van der Waals surface area (Å²) in [5.74, 6) is -0.262. The van der Waals surface area contributed by atoms with Crippen LogP contribution in [0.25, 0.3) is 22.0 Å². The van der Waals surface area contributed by atoms with Gasteiger partial charge in [-0.3, -0.25) is 19.5 Å². The van der Waals surface area contributed by atoms with Gasteiger partial charge in [-0.25, -0.2) is 4.98 Å². The van der Waals surface area contributed by atoms with Gasteiger partial charge < -0.3 is 14.2 Å². The maximum absolute atomic E-state index is 12.6. The molecular weight excluding hydrogens is 442 g/mol. The van der Waals surface area contributed by atoms with Crippen molar-refractivity contribution >= 4 is 28.9 Å². The molecule has 33 heavy (non-hydrogen) atoms. The number of carbonyl (C=O) groups is 2. The van der Waals surface area contributed by atoms with Crippen LogP contribution in [-0.4, -0.2) is 54.8 Å². The van der Waals surface area contributed by atoms with E-state index in [4.69, 9.17) is 19.2 Å². The zero-order valence-electron chi connectivity index (χ0n) is 18.6. The van der Waals surface area contributed by atoms with Gasteiger partial charge in [0.25, 0.3) is 5.91 Å². The van der Waals surface area contributed by atoms with E-state index in [-0.39, 0.29) is 25.7 Å². The lowest BCUT2D eigenvalue weighted by molar-refractivity contribution is -0.144. The van der Waals surface area contributed by atoms with E-state index in [1.165, 1.54) is 4.90 Å². The largest absolute Gasteiger partial charge is 0.482 e. The number of rotatable bonds is 9. The fraction of sp³-hybridized carbons (Fsp3) is 0.333. The summed E-state index contributed by atoms with van der Waals surface area (Å²) in [4.78, 5) is 36.5. The third-order valence-corrected chi connectivity index (χ3v) is 5.98. The fourth-order valence-electron chi connectivity index (χ4n) is 3.42. The van der Waals surface area contributed by atoms with Gasteiger partial charge in [-0.05, 0) is 43.7 Å². The molecule has 1 amide bonds. The van der Waals surface area contributed by atoms with E-state index in [0.717, 1.165) is 33.3 Å². The van der Waals surface area contributed by atoms with Gasteiger partial charge in [-0.15, -0.1) is 11.3 Å². The lowest BCUT2D eigenvalue weighted by atomic mass is 10.1. The van der Waals surface area contributed by atoms with Gasteiger partial charge >= 0.3 is 5.97 Å². The predicted molar refractivity (Wildman–Crippen MR) is 125 cm³/mol. The molecule has 0 atom stereocenters. The Hall–Kier alpha value is -3.30. The van der Waals surface area contributed by atoms with Crippen molar-refractivity contribution in [2.45, 2.75) is 20.3 Å². The first-order valence-corrected chi connectivity index (χ1v) is 11.6. The Morgan fingerprint density at radius 3 is 2.88 bits per heavy atom. The summed E-state index contributed by atoms with van der Waals surface area (Å²) in [6.07, 6.45) is 2.64. The molecule has 0 N–H and O–H groups in total. The number of thiazole rings is 1. The van der Waals surface area contributed by atoms with Crippen LogP contribution in [0.15, 0.2) is 42.6 Å². The van der Waals surface area contributed by atoms with E-state index in [0.29, 0.717) is 24.7 Å². The van der Waals surface area contributed by atoms with Crippen LogP contribution in [0.3, 0.4) is 0 Å². The summed E-state index contributed by atoms with van der Waals surface area (Å²) in [6.45, 7) is 4.79. The number of fused-ring (bicyclic) bond motifs is 1. The minimum Gasteiger partial charge on any atom is -0.482 e. The van der Waals surface area contributed by atoms with Crippen LogP contribution in [0.2, 0.25) is 0 Å². The molecule has 9 heteroatoms. The van der Waals surface area contributed by atoms with Gasteiger partial charge in [0.05, 0.1) is 23.7 Å². The highest BCUT2D eigenvalue weighted by Gasteiger charge is 2.29. The van der Waals surface area contributed by atoms with Crippen LogP contribution in [0, 0.1) is 6.92 Å². The molecule has 0 fully saturated rings. The summed E-state index contributed by atoms with van der Waals surface area (Å²) in [5.41, 5.74) is 2.96. The number of hydrogen-bond acceptors (Lipinski definition) is 8. The van der Waals surface area contributed by atoms with E-state index < -0.39 is 5.97 Å². The third kappa shape index (κ3) is 5.37. The molecule has 0 bridgehead atoms. The molecule has 0 spiro atoms. The number of aromatic nitrogens is 2. The molecule has 1 aromatic carbocycles. The molecule has 0 radical (unpaired) electrons. The Kier molecular flexibility index (Phi) is 7.31. The summed E-state index contributed by atoms with van der Waals surface area (Å²) >= 11 is 1.55. The fourth-order valence-corrected chi connectivity index (χ4v) is 4.33. The average molecular weight is 468 g/mol. The summed E-state index contributed by atoms with van der Waals surface area (Å²) in [7, 11) is 0. The molecule has 4 rings (SSSR count). The van der Waals surface area contributed by atoms with Crippen LogP contribution in [0.4, 0.5) is 5.69 Å². The van der Waals surface area contributed by atoms with E-state index in [9.17, 15) is 9.59 Å². The number of amides is 1. The van der Waals surface area contributed by atoms with Gasteiger partial charge in [0.15, 0.2) is 6.61 Å². The van der Waals surface area contributed by atoms with Gasteiger partial charge in [-0.1, -0.05) is 13.0 Å². The number of benzene rings is 1. The van der Waals surface area contributed by atoms with Crippen molar-refractivity contribution in [3.8, 4) is 27.7 Å². The van der Waals surface area contributed by atoms with Gasteiger partial charge in [-0.2, -0.15) is 0 Å². The minimum absolute atomic E-state index is 0.126. The summed E-state index contributed by atoms with van der Waals surface area (Å²) in [5, 5.41) is 0.818. The quantitative estimate of drug-likeness (QED) is 0.348. The normalized spacial score (nSPS) is 12.9. The SMILES string of the molecule is CCCOCCOC(=O)CN1C(=O)COc2ccc(-c3nc(-c4ccccn4)sc3C)cc21. The Bertz CT molecular complexity index is 1130. The highest BCUT2D eigenvalue weighted by Crippen LogP contribution is 2.38. The first kappa shape index (κ1) is 22.9. The number of ether oxygens (including phenoxy) is 3. The van der Waals surface area contributed by atoms with Gasteiger partial charge in [0.2, 0.25) is 0 Å². The number of pyridine rings is 1.